The Morgan fingerprint density at radius 3 is 1.19 bits per heavy atom. The second-order valence-corrected chi connectivity index (χ2v) is 11.9. The summed E-state index contributed by atoms with van der Waals surface area (Å²) in [7, 11) is 0. The van der Waals surface area contributed by atoms with E-state index in [9.17, 15) is 0 Å². The molecule has 0 amide bonds. The predicted octanol–water partition coefficient (Wildman–Crippen LogP) is 11.7. The van der Waals surface area contributed by atoms with Gasteiger partial charge >= 0.3 is 0 Å². The van der Waals surface area contributed by atoms with Crippen molar-refractivity contribution in [1.29, 1.82) is 0 Å². The van der Waals surface area contributed by atoms with E-state index in [-0.39, 0.29) is 0 Å². The maximum Gasteiger partial charge on any atom is 0.164 e. The fourth-order valence-corrected chi connectivity index (χ4v) is 6.92. The molecule has 9 rings (SSSR count). The summed E-state index contributed by atoms with van der Waals surface area (Å²) in [6.07, 6.45) is 0. The molecule has 0 aliphatic rings. The lowest BCUT2D eigenvalue weighted by molar-refractivity contribution is 1.08. The van der Waals surface area contributed by atoms with Crippen molar-refractivity contribution in [2.75, 3.05) is 0 Å². The quantitative estimate of drug-likeness (QED) is 0.182. The first-order valence-electron chi connectivity index (χ1n) is 16.6. The van der Waals surface area contributed by atoms with Gasteiger partial charge in [0, 0.05) is 16.7 Å². The van der Waals surface area contributed by atoms with Crippen molar-refractivity contribution in [1.82, 2.24) is 15.0 Å². The van der Waals surface area contributed by atoms with Gasteiger partial charge in [0.25, 0.3) is 0 Å². The summed E-state index contributed by atoms with van der Waals surface area (Å²) in [5, 5.41) is 6.93. The van der Waals surface area contributed by atoms with Crippen LogP contribution in [0.2, 0.25) is 0 Å². The van der Waals surface area contributed by atoms with Crippen LogP contribution in [0.4, 0.5) is 0 Å². The van der Waals surface area contributed by atoms with E-state index >= 15 is 0 Å². The minimum Gasteiger partial charge on any atom is -0.208 e. The molecule has 0 spiro atoms. The fraction of sp³-hybridized carbons (Fsp3) is 0. The molecular weight excluding hydrogens is 583 g/mol. The van der Waals surface area contributed by atoms with E-state index in [0.717, 1.165) is 38.6 Å². The van der Waals surface area contributed by atoms with Crippen molar-refractivity contribution < 1.29 is 1.37 Å². The Morgan fingerprint density at radius 1 is 0.292 bits per heavy atom. The summed E-state index contributed by atoms with van der Waals surface area (Å²) >= 11 is 0. The van der Waals surface area contributed by atoms with E-state index in [1.165, 1.54) is 32.7 Å². The van der Waals surface area contributed by atoms with Gasteiger partial charge < -0.3 is 0 Å². The maximum atomic E-state index is 8.08. The smallest absolute Gasteiger partial charge is 0.164 e. The molecule has 0 radical (unpaired) electrons. The van der Waals surface area contributed by atoms with E-state index in [1.54, 1.807) is 0 Å². The van der Waals surface area contributed by atoms with Crippen molar-refractivity contribution in [3.05, 3.63) is 176 Å². The Hall–Kier alpha value is -6.45. The first-order valence-corrected chi connectivity index (χ1v) is 16.1. The van der Waals surface area contributed by atoms with E-state index in [2.05, 4.69) is 97.1 Å². The van der Waals surface area contributed by atoms with Crippen LogP contribution >= 0.6 is 0 Å². The van der Waals surface area contributed by atoms with Crippen molar-refractivity contribution in [2.24, 2.45) is 0 Å². The van der Waals surface area contributed by atoms with Crippen LogP contribution in [0.1, 0.15) is 1.37 Å². The number of nitrogens with zero attached hydrogens (tertiary/aromatic N) is 3. The number of hydrogen-bond acceptors (Lipinski definition) is 3. The Bertz CT molecular complexity index is 2540. The zero-order chi connectivity index (χ0) is 32.7. The van der Waals surface area contributed by atoms with Crippen molar-refractivity contribution >= 4 is 32.3 Å². The van der Waals surface area contributed by atoms with Gasteiger partial charge in [-0.2, -0.15) is 0 Å². The molecule has 0 aliphatic carbocycles. The molecular formula is C45H29N3. The highest BCUT2D eigenvalue weighted by Crippen LogP contribution is 2.46. The second-order valence-electron chi connectivity index (χ2n) is 11.9. The standard InChI is InChI=1S/C45H29N3/c1-4-16-30(17-5-1)41-35-24-12-14-26-37(35)42(38-27-15-13-25-36(38)41)39-28-29-40(34-23-11-10-22-33(34)39)45-47-43(31-18-6-2-7-19-31)46-44(48-45)32-20-8-3-9-21-32/h1-29H/i1D. The number of rotatable bonds is 5. The molecule has 0 saturated heterocycles. The molecule has 0 bridgehead atoms. The third-order valence-electron chi connectivity index (χ3n) is 9.07. The van der Waals surface area contributed by atoms with Gasteiger partial charge in [-0.3, -0.25) is 0 Å². The number of fused-ring (bicyclic) bond motifs is 3. The van der Waals surface area contributed by atoms with Crippen LogP contribution in [0, 0.1) is 0 Å². The van der Waals surface area contributed by atoms with E-state index in [4.69, 9.17) is 16.3 Å². The monoisotopic (exact) mass is 612 g/mol. The summed E-state index contributed by atoms with van der Waals surface area (Å²) in [4.78, 5) is 15.1. The van der Waals surface area contributed by atoms with E-state index in [1.807, 2.05) is 72.8 Å². The summed E-state index contributed by atoms with van der Waals surface area (Å²) in [5.41, 5.74) is 7.48. The van der Waals surface area contributed by atoms with Crippen LogP contribution < -0.4 is 0 Å². The van der Waals surface area contributed by atoms with Crippen LogP contribution in [0.25, 0.3) is 88.7 Å². The lowest BCUT2D eigenvalue weighted by Crippen LogP contribution is -2.00. The lowest BCUT2D eigenvalue weighted by atomic mass is 9.84. The molecule has 1 heterocycles. The van der Waals surface area contributed by atoms with Gasteiger partial charge in [0.15, 0.2) is 17.5 Å². The average molecular weight is 613 g/mol. The largest absolute Gasteiger partial charge is 0.208 e. The number of aromatic nitrogens is 3. The molecule has 0 N–H and O–H groups in total. The predicted molar refractivity (Wildman–Crippen MR) is 200 cm³/mol. The van der Waals surface area contributed by atoms with Crippen LogP contribution in [0.5, 0.6) is 0 Å². The molecule has 0 unspecified atom stereocenters. The lowest BCUT2D eigenvalue weighted by Gasteiger charge is -2.19. The summed E-state index contributed by atoms with van der Waals surface area (Å²) in [6, 6.07) is 58.9. The van der Waals surface area contributed by atoms with Gasteiger partial charge in [-0.15, -0.1) is 0 Å². The molecule has 1 aromatic heterocycles. The fourth-order valence-electron chi connectivity index (χ4n) is 6.92. The molecule has 224 valence electrons. The van der Waals surface area contributed by atoms with Crippen molar-refractivity contribution in [3.63, 3.8) is 0 Å². The zero-order valence-electron chi connectivity index (χ0n) is 27.0. The molecule has 8 aromatic carbocycles. The highest BCUT2D eigenvalue weighted by atomic mass is 15.0. The maximum absolute atomic E-state index is 8.08. The summed E-state index contributed by atoms with van der Waals surface area (Å²) < 4.78 is 8.08. The Kier molecular flexibility index (Phi) is 6.53. The van der Waals surface area contributed by atoms with Gasteiger partial charge in [-0.05, 0) is 60.6 Å². The van der Waals surface area contributed by atoms with Gasteiger partial charge in [-0.25, -0.2) is 15.0 Å². The van der Waals surface area contributed by atoms with Crippen LogP contribution in [0.15, 0.2) is 176 Å². The second kappa shape index (κ2) is 11.7. The average Bonchev–Trinajstić information content (AvgIpc) is 3.17. The van der Waals surface area contributed by atoms with Gasteiger partial charge in [0.1, 0.15) is 0 Å². The van der Waals surface area contributed by atoms with Gasteiger partial charge in [0.2, 0.25) is 0 Å². The zero-order valence-corrected chi connectivity index (χ0v) is 26.0. The van der Waals surface area contributed by atoms with Gasteiger partial charge in [-0.1, -0.05) is 170 Å². The number of hydrogen-bond donors (Lipinski definition) is 0. The molecule has 3 heteroatoms. The molecule has 9 aromatic rings. The number of benzene rings is 8. The first-order chi connectivity index (χ1) is 24.2. The third kappa shape index (κ3) is 4.72. The van der Waals surface area contributed by atoms with E-state index < -0.39 is 0 Å². The highest BCUT2D eigenvalue weighted by molar-refractivity contribution is 6.24. The van der Waals surface area contributed by atoms with Gasteiger partial charge in [0.05, 0.1) is 1.37 Å². The van der Waals surface area contributed by atoms with Crippen LogP contribution in [-0.4, -0.2) is 15.0 Å². The topological polar surface area (TPSA) is 38.7 Å². The minimum absolute atomic E-state index is 0.505. The van der Waals surface area contributed by atoms with Crippen LogP contribution in [0.3, 0.4) is 0 Å². The third-order valence-corrected chi connectivity index (χ3v) is 9.07. The Morgan fingerprint density at radius 2 is 0.667 bits per heavy atom. The first kappa shape index (κ1) is 26.7. The summed E-state index contributed by atoms with van der Waals surface area (Å²) in [6.45, 7) is 0. The molecule has 0 aliphatic heterocycles. The molecule has 3 nitrogen and oxygen atoms in total. The molecule has 48 heavy (non-hydrogen) atoms. The molecule has 0 fully saturated rings. The minimum atomic E-state index is 0.505. The Balaban J connectivity index is 1.31. The van der Waals surface area contributed by atoms with Crippen LogP contribution in [-0.2, 0) is 0 Å². The molecule has 0 atom stereocenters. The van der Waals surface area contributed by atoms with Crippen molar-refractivity contribution in [2.45, 2.75) is 0 Å². The summed E-state index contributed by atoms with van der Waals surface area (Å²) in [5.74, 6) is 1.92. The molecule has 0 saturated carbocycles. The normalized spacial score (nSPS) is 11.6. The SMILES string of the molecule is [2H]c1ccc(-c2c3ccccc3c(-c3ccc(-c4nc(-c5ccccc5)nc(-c5ccccc5)n4)c4ccccc34)c3ccccc23)cc1. The highest BCUT2D eigenvalue weighted by Gasteiger charge is 2.20. The Labute approximate surface area is 280 Å². The van der Waals surface area contributed by atoms with Crippen molar-refractivity contribution in [3.8, 4) is 56.4 Å². The van der Waals surface area contributed by atoms with E-state index in [0.29, 0.717) is 23.5 Å².